The van der Waals surface area contributed by atoms with Gasteiger partial charge in [-0.15, -0.1) is 11.7 Å². The molecule has 0 spiro atoms. The first kappa shape index (κ1) is 11.6. The summed E-state index contributed by atoms with van der Waals surface area (Å²) in [6.07, 6.45) is 1.63. The fourth-order valence-corrected chi connectivity index (χ4v) is 1.59. The molecule has 0 aliphatic carbocycles. The lowest BCUT2D eigenvalue weighted by molar-refractivity contribution is -0.120. The van der Waals surface area contributed by atoms with E-state index in [0.717, 1.165) is 0 Å². The van der Waals surface area contributed by atoms with Gasteiger partial charge in [-0.3, -0.25) is 4.79 Å². The first-order valence-corrected chi connectivity index (χ1v) is 5.24. The number of nitrogen functional groups attached to an aromatic ring is 1. The van der Waals surface area contributed by atoms with Gasteiger partial charge in [0.1, 0.15) is 0 Å². The first-order valence-electron chi connectivity index (χ1n) is 4.36. The van der Waals surface area contributed by atoms with Crippen LogP contribution in [0.1, 0.15) is 6.92 Å². The highest BCUT2D eigenvalue weighted by atomic mass is 32.2. The van der Waals surface area contributed by atoms with Gasteiger partial charge in [0.25, 0.3) is 0 Å². The predicted molar refractivity (Wildman–Crippen MR) is 59.3 cm³/mol. The minimum atomic E-state index is -0.264. The number of rotatable bonds is 5. The van der Waals surface area contributed by atoms with E-state index in [9.17, 15) is 4.79 Å². The third-order valence-corrected chi connectivity index (χ3v) is 2.52. The molecule has 0 radical (unpaired) electrons. The molecular formula is C8H13N5OS. The van der Waals surface area contributed by atoms with Crippen LogP contribution in [0.15, 0.2) is 17.8 Å². The van der Waals surface area contributed by atoms with Crippen LogP contribution in [-0.4, -0.2) is 32.9 Å². The fourth-order valence-electron chi connectivity index (χ4n) is 0.839. The number of carbonyl (C=O) groups excluding carboxylic acids is 1. The third kappa shape index (κ3) is 3.62. The second kappa shape index (κ2) is 5.40. The molecule has 0 fully saturated rings. The molecule has 7 heteroatoms. The number of carbonyl (C=O) groups is 1. The summed E-state index contributed by atoms with van der Waals surface area (Å²) in [5.74, 6) is 0.166. The second-order valence-electron chi connectivity index (χ2n) is 2.80. The normalized spacial score (nSPS) is 12.1. The Morgan fingerprint density at radius 1 is 1.87 bits per heavy atom. The number of hydrogen-bond acceptors (Lipinski definition) is 5. The Labute approximate surface area is 91.7 Å². The standard InChI is InChI=1S/C8H13N5OS/c1-3-4-10-6(14)5(2)15-8-11-7(9)12-13-8/h3,5H,1,4H2,2H3,(H,10,14)(H3,9,11,12,13). The van der Waals surface area contributed by atoms with Gasteiger partial charge in [0, 0.05) is 6.54 Å². The topological polar surface area (TPSA) is 96.7 Å². The van der Waals surface area contributed by atoms with Crippen molar-refractivity contribution in [1.82, 2.24) is 20.5 Å². The van der Waals surface area contributed by atoms with E-state index in [2.05, 4.69) is 27.1 Å². The third-order valence-electron chi connectivity index (χ3n) is 1.55. The van der Waals surface area contributed by atoms with Gasteiger partial charge in [0.2, 0.25) is 17.0 Å². The Balaban J connectivity index is 2.44. The van der Waals surface area contributed by atoms with E-state index in [1.165, 1.54) is 11.8 Å². The number of H-pyrrole nitrogens is 1. The van der Waals surface area contributed by atoms with Crippen molar-refractivity contribution in [1.29, 1.82) is 0 Å². The van der Waals surface area contributed by atoms with Crippen molar-refractivity contribution in [2.24, 2.45) is 0 Å². The largest absolute Gasteiger partial charge is 0.368 e. The van der Waals surface area contributed by atoms with Gasteiger partial charge in [-0.2, -0.15) is 4.98 Å². The summed E-state index contributed by atoms with van der Waals surface area (Å²) in [6, 6.07) is 0. The summed E-state index contributed by atoms with van der Waals surface area (Å²) in [6.45, 7) is 5.74. The van der Waals surface area contributed by atoms with Crippen molar-refractivity contribution in [2.45, 2.75) is 17.3 Å². The van der Waals surface area contributed by atoms with Gasteiger partial charge >= 0.3 is 0 Å². The van der Waals surface area contributed by atoms with Crippen LogP contribution in [0.5, 0.6) is 0 Å². The van der Waals surface area contributed by atoms with Crippen molar-refractivity contribution in [3.05, 3.63) is 12.7 Å². The molecule has 1 amide bonds. The Morgan fingerprint density at radius 2 is 2.60 bits per heavy atom. The van der Waals surface area contributed by atoms with Crippen LogP contribution >= 0.6 is 11.8 Å². The zero-order valence-electron chi connectivity index (χ0n) is 8.36. The fraction of sp³-hybridized carbons (Fsp3) is 0.375. The molecule has 1 atom stereocenters. The smallest absolute Gasteiger partial charge is 0.233 e. The van der Waals surface area contributed by atoms with Gasteiger partial charge in [-0.25, -0.2) is 5.10 Å². The predicted octanol–water partition coefficient (Wildman–Crippen LogP) is 0.170. The average molecular weight is 227 g/mol. The van der Waals surface area contributed by atoms with Gasteiger partial charge in [-0.05, 0) is 6.92 Å². The molecule has 6 nitrogen and oxygen atoms in total. The van der Waals surface area contributed by atoms with Crippen molar-refractivity contribution < 1.29 is 4.79 Å². The molecule has 0 saturated carbocycles. The maximum atomic E-state index is 11.4. The molecule has 1 aromatic heterocycles. The van der Waals surface area contributed by atoms with Crippen LogP contribution in [0.4, 0.5) is 5.95 Å². The summed E-state index contributed by atoms with van der Waals surface area (Å²) in [5.41, 5.74) is 5.35. The van der Waals surface area contributed by atoms with E-state index in [1.807, 2.05) is 0 Å². The number of nitrogens with two attached hydrogens (primary N) is 1. The summed E-state index contributed by atoms with van der Waals surface area (Å²) >= 11 is 1.24. The summed E-state index contributed by atoms with van der Waals surface area (Å²) in [5, 5.41) is 9.21. The minimum absolute atomic E-state index is 0.0803. The zero-order chi connectivity index (χ0) is 11.3. The summed E-state index contributed by atoms with van der Waals surface area (Å²) in [7, 11) is 0. The van der Waals surface area contributed by atoms with Crippen LogP contribution in [0.25, 0.3) is 0 Å². The molecule has 1 aromatic rings. The highest BCUT2D eigenvalue weighted by Crippen LogP contribution is 2.19. The Bertz CT molecular complexity index is 351. The molecule has 0 bridgehead atoms. The van der Waals surface area contributed by atoms with E-state index in [0.29, 0.717) is 11.7 Å². The number of thioether (sulfide) groups is 1. The molecule has 0 saturated heterocycles. The SMILES string of the molecule is C=CCNC(=O)C(C)Sc1n[nH]c(N)n1. The van der Waals surface area contributed by atoms with E-state index in [4.69, 9.17) is 5.73 Å². The monoisotopic (exact) mass is 227 g/mol. The van der Waals surface area contributed by atoms with Crippen molar-refractivity contribution in [2.75, 3.05) is 12.3 Å². The van der Waals surface area contributed by atoms with Gasteiger partial charge in [0.15, 0.2) is 0 Å². The molecule has 1 rings (SSSR count). The maximum absolute atomic E-state index is 11.4. The molecule has 1 unspecified atom stereocenters. The second-order valence-corrected chi connectivity index (χ2v) is 4.11. The summed E-state index contributed by atoms with van der Waals surface area (Å²) < 4.78 is 0. The van der Waals surface area contributed by atoms with E-state index >= 15 is 0 Å². The number of nitrogens with zero attached hydrogens (tertiary/aromatic N) is 2. The molecule has 1 heterocycles. The van der Waals surface area contributed by atoms with E-state index < -0.39 is 0 Å². The Kier molecular flexibility index (Phi) is 4.17. The number of aromatic nitrogens is 3. The Morgan fingerprint density at radius 3 is 3.13 bits per heavy atom. The van der Waals surface area contributed by atoms with Crippen molar-refractivity contribution in [3.63, 3.8) is 0 Å². The number of anilines is 1. The lowest BCUT2D eigenvalue weighted by Crippen LogP contribution is -2.30. The number of amides is 1. The lowest BCUT2D eigenvalue weighted by atomic mass is 10.4. The average Bonchev–Trinajstić information content (AvgIpc) is 2.60. The number of hydrogen-bond donors (Lipinski definition) is 3. The Hall–Kier alpha value is -1.50. The van der Waals surface area contributed by atoms with Gasteiger partial charge in [-0.1, -0.05) is 17.8 Å². The van der Waals surface area contributed by atoms with Crippen LogP contribution < -0.4 is 11.1 Å². The molecule has 4 N–H and O–H groups in total. The van der Waals surface area contributed by atoms with Crippen LogP contribution in [0, 0.1) is 0 Å². The molecular weight excluding hydrogens is 214 g/mol. The van der Waals surface area contributed by atoms with E-state index in [-0.39, 0.29) is 17.1 Å². The molecule has 0 aliphatic heterocycles. The highest BCUT2D eigenvalue weighted by molar-refractivity contribution is 8.00. The molecule has 0 aromatic carbocycles. The molecule has 15 heavy (non-hydrogen) atoms. The minimum Gasteiger partial charge on any atom is -0.368 e. The van der Waals surface area contributed by atoms with Crippen LogP contribution in [0.2, 0.25) is 0 Å². The van der Waals surface area contributed by atoms with Gasteiger partial charge < -0.3 is 11.1 Å². The molecule has 0 aliphatic rings. The number of aromatic amines is 1. The lowest BCUT2D eigenvalue weighted by Gasteiger charge is -2.07. The number of nitrogens with one attached hydrogen (secondary N) is 2. The van der Waals surface area contributed by atoms with Crippen molar-refractivity contribution >= 4 is 23.6 Å². The van der Waals surface area contributed by atoms with Crippen LogP contribution in [0.3, 0.4) is 0 Å². The maximum Gasteiger partial charge on any atom is 0.233 e. The van der Waals surface area contributed by atoms with Crippen molar-refractivity contribution in [3.8, 4) is 0 Å². The zero-order valence-corrected chi connectivity index (χ0v) is 9.17. The summed E-state index contributed by atoms with van der Waals surface area (Å²) in [4.78, 5) is 15.3. The first-order chi connectivity index (χ1) is 7.13. The quantitative estimate of drug-likeness (QED) is 0.492. The molecule has 82 valence electrons. The van der Waals surface area contributed by atoms with Crippen LogP contribution in [-0.2, 0) is 4.79 Å². The van der Waals surface area contributed by atoms with E-state index in [1.54, 1.807) is 13.0 Å². The van der Waals surface area contributed by atoms with Gasteiger partial charge in [0.05, 0.1) is 5.25 Å². The highest BCUT2D eigenvalue weighted by Gasteiger charge is 2.15.